The van der Waals surface area contributed by atoms with Crippen LogP contribution in [0.2, 0.25) is 0 Å². The van der Waals surface area contributed by atoms with Gasteiger partial charge in [-0.25, -0.2) is 0 Å². The quantitative estimate of drug-likeness (QED) is 0.798. The Morgan fingerprint density at radius 3 is 2.41 bits per heavy atom. The molecule has 0 bridgehead atoms. The zero-order valence-corrected chi connectivity index (χ0v) is 14.9. The highest BCUT2D eigenvalue weighted by Gasteiger charge is 2.22. The van der Waals surface area contributed by atoms with Crippen LogP contribution >= 0.6 is 12.4 Å². The van der Waals surface area contributed by atoms with Crippen molar-refractivity contribution in [2.45, 2.75) is 39.2 Å². The summed E-state index contributed by atoms with van der Waals surface area (Å²) in [5.41, 5.74) is 7.23. The van der Waals surface area contributed by atoms with Crippen molar-refractivity contribution in [3.63, 3.8) is 0 Å². The molecular weight excluding hydrogens is 300 g/mol. The molecule has 4 nitrogen and oxygen atoms in total. The van der Waals surface area contributed by atoms with E-state index in [-0.39, 0.29) is 30.3 Å². The number of aryl methyl sites for hydroxylation is 1. The van der Waals surface area contributed by atoms with Gasteiger partial charge in [0.05, 0.1) is 13.2 Å². The van der Waals surface area contributed by atoms with Crippen LogP contribution in [0.25, 0.3) is 0 Å². The van der Waals surface area contributed by atoms with Crippen LogP contribution in [0.1, 0.15) is 32.3 Å². The second kappa shape index (κ2) is 10.5. The third-order valence-electron chi connectivity index (χ3n) is 4.04. The van der Waals surface area contributed by atoms with Gasteiger partial charge in [-0.15, -0.1) is 12.4 Å². The highest BCUT2D eigenvalue weighted by atomic mass is 35.5. The third kappa shape index (κ3) is 6.24. The van der Waals surface area contributed by atoms with Crippen molar-refractivity contribution in [3.8, 4) is 5.75 Å². The molecule has 22 heavy (non-hydrogen) atoms. The van der Waals surface area contributed by atoms with Crippen molar-refractivity contribution >= 4 is 18.3 Å². The van der Waals surface area contributed by atoms with Crippen molar-refractivity contribution in [1.82, 2.24) is 4.90 Å². The summed E-state index contributed by atoms with van der Waals surface area (Å²) in [6.45, 7) is 4.81. The van der Waals surface area contributed by atoms with Crippen LogP contribution in [0.3, 0.4) is 0 Å². The third-order valence-corrected chi connectivity index (χ3v) is 4.04. The normalized spacial score (nSPS) is 13.0. The molecule has 1 aromatic carbocycles. The highest BCUT2D eigenvalue weighted by molar-refractivity contribution is 5.85. The van der Waals surface area contributed by atoms with Crippen LogP contribution in [0.4, 0.5) is 0 Å². The predicted molar refractivity (Wildman–Crippen MR) is 93.6 cm³/mol. The maximum absolute atomic E-state index is 12.2. The molecule has 0 aliphatic rings. The lowest BCUT2D eigenvalue weighted by atomic mass is 9.99. The summed E-state index contributed by atoms with van der Waals surface area (Å²) < 4.78 is 5.14. The number of methoxy groups -OCH3 is 1. The van der Waals surface area contributed by atoms with Gasteiger partial charge in [0, 0.05) is 13.6 Å². The average molecular weight is 329 g/mol. The van der Waals surface area contributed by atoms with E-state index in [2.05, 4.69) is 19.1 Å². The van der Waals surface area contributed by atoms with E-state index in [4.69, 9.17) is 10.5 Å². The standard InChI is InChI=1S/C17H28N2O2.ClH/c1-5-13(2)16(18)17(20)19(3)12-6-7-14-8-10-15(21-4)11-9-14;/h8-11,13,16H,5-7,12,18H2,1-4H3;1H. The number of nitrogens with zero attached hydrogens (tertiary/aromatic N) is 1. The molecule has 0 saturated heterocycles. The number of likely N-dealkylation sites (N-methyl/N-ethyl adjacent to an activating group) is 1. The number of nitrogens with two attached hydrogens (primary N) is 1. The molecule has 2 atom stereocenters. The van der Waals surface area contributed by atoms with Crippen molar-refractivity contribution in [3.05, 3.63) is 29.8 Å². The first-order valence-corrected chi connectivity index (χ1v) is 7.63. The molecule has 0 heterocycles. The molecule has 1 amide bonds. The number of rotatable bonds is 8. The highest BCUT2D eigenvalue weighted by Crippen LogP contribution is 2.13. The number of hydrogen-bond acceptors (Lipinski definition) is 3. The first kappa shape index (κ1) is 20.7. The molecule has 0 saturated carbocycles. The van der Waals surface area contributed by atoms with E-state index in [9.17, 15) is 4.79 Å². The minimum absolute atomic E-state index is 0. The summed E-state index contributed by atoms with van der Waals surface area (Å²) in [6, 6.07) is 7.66. The molecule has 126 valence electrons. The number of halogens is 1. The first-order chi connectivity index (χ1) is 9.99. The lowest BCUT2D eigenvalue weighted by molar-refractivity contribution is -0.132. The molecule has 2 N–H and O–H groups in total. The fraction of sp³-hybridized carbons (Fsp3) is 0.588. The Balaban J connectivity index is 0.00000441. The molecule has 1 rings (SSSR count). The van der Waals surface area contributed by atoms with Gasteiger partial charge < -0.3 is 15.4 Å². The van der Waals surface area contributed by atoms with Crippen molar-refractivity contribution in [1.29, 1.82) is 0 Å². The molecule has 0 fully saturated rings. The van der Waals surface area contributed by atoms with Gasteiger partial charge in [0.15, 0.2) is 0 Å². The molecular formula is C17H29ClN2O2. The molecule has 5 heteroatoms. The predicted octanol–water partition coefficient (Wildman–Crippen LogP) is 2.88. The zero-order chi connectivity index (χ0) is 15.8. The molecule has 0 aromatic heterocycles. The summed E-state index contributed by atoms with van der Waals surface area (Å²) in [5, 5.41) is 0. The molecule has 0 spiro atoms. The molecule has 0 aliphatic carbocycles. The van der Waals surface area contributed by atoms with E-state index in [0.29, 0.717) is 0 Å². The Hall–Kier alpha value is -1.26. The fourth-order valence-electron chi connectivity index (χ4n) is 2.17. The van der Waals surface area contributed by atoms with E-state index in [0.717, 1.165) is 31.6 Å². The van der Waals surface area contributed by atoms with Gasteiger partial charge in [-0.1, -0.05) is 32.4 Å². The van der Waals surface area contributed by atoms with Crippen molar-refractivity contribution in [2.24, 2.45) is 11.7 Å². The Morgan fingerprint density at radius 2 is 1.91 bits per heavy atom. The Labute approximate surface area is 140 Å². The van der Waals surface area contributed by atoms with E-state index in [1.54, 1.807) is 12.0 Å². The Morgan fingerprint density at radius 1 is 1.32 bits per heavy atom. The topological polar surface area (TPSA) is 55.6 Å². The Kier molecular flexibility index (Phi) is 9.86. The molecule has 1 aromatic rings. The number of ether oxygens (including phenoxy) is 1. The van der Waals surface area contributed by atoms with Gasteiger partial charge in [0.2, 0.25) is 5.91 Å². The number of benzene rings is 1. The first-order valence-electron chi connectivity index (χ1n) is 7.63. The summed E-state index contributed by atoms with van der Waals surface area (Å²) in [7, 11) is 3.49. The van der Waals surface area contributed by atoms with E-state index < -0.39 is 0 Å². The minimum Gasteiger partial charge on any atom is -0.497 e. The van der Waals surface area contributed by atoms with Crippen LogP contribution in [0, 0.1) is 5.92 Å². The monoisotopic (exact) mass is 328 g/mol. The molecule has 2 unspecified atom stereocenters. The SMILES string of the molecule is CCC(C)C(N)C(=O)N(C)CCCc1ccc(OC)cc1.Cl. The zero-order valence-electron chi connectivity index (χ0n) is 14.0. The maximum atomic E-state index is 12.2. The van der Waals surface area contributed by atoms with Gasteiger partial charge in [0.25, 0.3) is 0 Å². The van der Waals surface area contributed by atoms with Crippen LogP contribution in [0.15, 0.2) is 24.3 Å². The maximum Gasteiger partial charge on any atom is 0.239 e. The van der Waals surface area contributed by atoms with E-state index in [1.807, 2.05) is 26.1 Å². The van der Waals surface area contributed by atoms with Crippen LogP contribution < -0.4 is 10.5 Å². The van der Waals surface area contributed by atoms with Crippen molar-refractivity contribution < 1.29 is 9.53 Å². The second-order valence-corrected chi connectivity index (χ2v) is 5.62. The van der Waals surface area contributed by atoms with Gasteiger partial charge in [-0.3, -0.25) is 4.79 Å². The number of carbonyl (C=O) groups excluding carboxylic acids is 1. The number of hydrogen-bond donors (Lipinski definition) is 1. The number of amides is 1. The lowest BCUT2D eigenvalue weighted by Crippen LogP contribution is -2.45. The van der Waals surface area contributed by atoms with Gasteiger partial charge in [0.1, 0.15) is 5.75 Å². The van der Waals surface area contributed by atoms with E-state index >= 15 is 0 Å². The van der Waals surface area contributed by atoms with E-state index in [1.165, 1.54) is 5.56 Å². The average Bonchev–Trinajstić information content (AvgIpc) is 2.53. The van der Waals surface area contributed by atoms with Gasteiger partial charge in [-0.05, 0) is 36.5 Å². The summed E-state index contributed by atoms with van der Waals surface area (Å²) in [4.78, 5) is 13.9. The smallest absolute Gasteiger partial charge is 0.239 e. The summed E-state index contributed by atoms with van der Waals surface area (Å²) in [5.74, 6) is 1.13. The second-order valence-electron chi connectivity index (χ2n) is 5.62. The molecule has 0 radical (unpaired) electrons. The van der Waals surface area contributed by atoms with Gasteiger partial charge >= 0.3 is 0 Å². The van der Waals surface area contributed by atoms with Gasteiger partial charge in [-0.2, -0.15) is 0 Å². The summed E-state index contributed by atoms with van der Waals surface area (Å²) in [6.07, 6.45) is 2.80. The van der Waals surface area contributed by atoms with Crippen molar-refractivity contribution in [2.75, 3.05) is 20.7 Å². The lowest BCUT2D eigenvalue weighted by Gasteiger charge is -2.24. The largest absolute Gasteiger partial charge is 0.497 e. The Bertz CT molecular complexity index is 437. The molecule has 0 aliphatic heterocycles. The number of carbonyl (C=O) groups is 1. The summed E-state index contributed by atoms with van der Waals surface area (Å²) >= 11 is 0. The van der Waals surface area contributed by atoms with Crippen LogP contribution in [-0.2, 0) is 11.2 Å². The minimum atomic E-state index is -0.388. The van der Waals surface area contributed by atoms with Crippen LogP contribution in [0.5, 0.6) is 5.75 Å². The fourth-order valence-corrected chi connectivity index (χ4v) is 2.17. The van der Waals surface area contributed by atoms with Crippen LogP contribution in [-0.4, -0.2) is 37.6 Å².